The number of hydrogen-bond donors (Lipinski definition) is 1. The molecular weight excluding hydrogens is 150 g/mol. The first kappa shape index (κ1) is 8.45. The zero-order valence-electron chi connectivity index (χ0n) is 6.32. The maximum Gasteiger partial charge on any atom is 0.322 e. The van der Waals surface area contributed by atoms with Crippen LogP contribution in [-0.2, 0) is 14.4 Å². The number of methoxy groups -OCH3 is 1. The SMILES string of the molecule is COC(=O)CN1C[C@H](O)CO1. The van der Waals surface area contributed by atoms with E-state index >= 15 is 0 Å². The minimum atomic E-state index is -0.486. The normalized spacial score (nSPS) is 25.5. The van der Waals surface area contributed by atoms with E-state index in [-0.39, 0.29) is 19.1 Å². The summed E-state index contributed by atoms with van der Waals surface area (Å²) in [5.41, 5.74) is 0. The maximum absolute atomic E-state index is 10.6. The first-order chi connectivity index (χ1) is 5.22. The van der Waals surface area contributed by atoms with Crippen LogP contribution in [-0.4, -0.2) is 49.0 Å². The molecule has 0 unspecified atom stereocenters. The number of aliphatic hydroxyl groups excluding tert-OH is 1. The molecule has 1 atom stereocenters. The number of aliphatic hydroxyl groups is 1. The second kappa shape index (κ2) is 3.66. The van der Waals surface area contributed by atoms with Crippen LogP contribution in [0.5, 0.6) is 0 Å². The van der Waals surface area contributed by atoms with E-state index in [1.54, 1.807) is 0 Å². The minimum Gasteiger partial charge on any atom is -0.468 e. The van der Waals surface area contributed by atoms with Crippen LogP contribution in [0, 0.1) is 0 Å². The fourth-order valence-electron chi connectivity index (χ4n) is 0.851. The Kier molecular flexibility index (Phi) is 2.81. The highest BCUT2D eigenvalue weighted by Gasteiger charge is 2.23. The smallest absolute Gasteiger partial charge is 0.322 e. The van der Waals surface area contributed by atoms with Gasteiger partial charge in [0.1, 0.15) is 6.54 Å². The van der Waals surface area contributed by atoms with Gasteiger partial charge in [-0.05, 0) is 0 Å². The molecule has 1 heterocycles. The molecule has 0 aromatic carbocycles. The summed E-state index contributed by atoms with van der Waals surface area (Å²) in [7, 11) is 1.31. The lowest BCUT2D eigenvalue weighted by atomic mass is 10.4. The Bertz CT molecular complexity index is 150. The molecule has 1 aliphatic heterocycles. The van der Waals surface area contributed by atoms with Gasteiger partial charge in [-0.15, -0.1) is 0 Å². The highest BCUT2D eigenvalue weighted by atomic mass is 16.7. The summed E-state index contributed by atoms with van der Waals surface area (Å²) in [6, 6.07) is 0. The molecule has 0 bridgehead atoms. The van der Waals surface area contributed by atoms with Gasteiger partial charge in [-0.1, -0.05) is 0 Å². The fraction of sp³-hybridized carbons (Fsp3) is 0.833. The van der Waals surface area contributed by atoms with Crippen molar-refractivity contribution in [3.05, 3.63) is 0 Å². The third-order valence-electron chi connectivity index (χ3n) is 1.40. The van der Waals surface area contributed by atoms with Crippen molar-refractivity contribution in [3.63, 3.8) is 0 Å². The molecule has 0 aliphatic carbocycles. The molecule has 64 valence electrons. The van der Waals surface area contributed by atoms with Crippen molar-refractivity contribution >= 4 is 5.97 Å². The van der Waals surface area contributed by atoms with Gasteiger partial charge in [-0.25, -0.2) is 0 Å². The highest BCUT2D eigenvalue weighted by Crippen LogP contribution is 2.04. The number of carbonyl (C=O) groups is 1. The Morgan fingerprint density at radius 1 is 1.91 bits per heavy atom. The van der Waals surface area contributed by atoms with Gasteiger partial charge in [0.25, 0.3) is 0 Å². The van der Waals surface area contributed by atoms with Crippen molar-refractivity contribution in [1.29, 1.82) is 0 Å². The monoisotopic (exact) mass is 161 g/mol. The minimum absolute atomic E-state index is 0.0769. The fourth-order valence-corrected chi connectivity index (χ4v) is 0.851. The molecule has 1 aliphatic rings. The standard InChI is InChI=1S/C6H11NO4/c1-10-6(9)3-7-2-5(8)4-11-7/h5,8H,2-4H2,1H3/t5-/m0/s1. The molecule has 0 radical (unpaired) electrons. The van der Waals surface area contributed by atoms with Gasteiger partial charge < -0.3 is 9.84 Å². The molecule has 1 saturated heterocycles. The number of esters is 1. The van der Waals surface area contributed by atoms with Crippen molar-refractivity contribution in [2.75, 3.05) is 26.8 Å². The Labute approximate surface area is 64.5 Å². The quantitative estimate of drug-likeness (QED) is 0.514. The van der Waals surface area contributed by atoms with Crippen LogP contribution in [0.3, 0.4) is 0 Å². The molecule has 1 rings (SSSR count). The Morgan fingerprint density at radius 2 is 2.64 bits per heavy atom. The average Bonchev–Trinajstić information content (AvgIpc) is 2.35. The van der Waals surface area contributed by atoms with Crippen molar-refractivity contribution in [2.24, 2.45) is 0 Å². The van der Waals surface area contributed by atoms with Gasteiger partial charge in [-0.3, -0.25) is 9.63 Å². The number of carbonyl (C=O) groups excluding carboxylic acids is 1. The van der Waals surface area contributed by atoms with E-state index in [2.05, 4.69) is 4.74 Å². The van der Waals surface area contributed by atoms with E-state index in [9.17, 15) is 4.79 Å². The first-order valence-electron chi connectivity index (χ1n) is 3.35. The number of ether oxygens (including phenoxy) is 1. The molecule has 5 heteroatoms. The highest BCUT2D eigenvalue weighted by molar-refractivity contribution is 5.71. The molecule has 0 aromatic heterocycles. The molecule has 0 spiro atoms. The van der Waals surface area contributed by atoms with Crippen LogP contribution in [0.15, 0.2) is 0 Å². The molecule has 1 N–H and O–H groups in total. The van der Waals surface area contributed by atoms with Gasteiger partial charge in [0.05, 0.1) is 26.4 Å². The molecule has 5 nitrogen and oxygen atoms in total. The molecule has 0 aromatic rings. The van der Waals surface area contributed by atoms with E-state index in [0.29, 0.717) is 6.54 Å². The third-order valence-corrected chi connectivity index (χ3v) is 1.40. The maximum atomic E-state index is 10.6. The van der Waals surface area contributed by atoms with Crippen LogP contribution >= 0.6 is 0 Å². The van der Waals surface area contributed by atoms with Gasteiger partial charge in [0, 0.05) is 0 Å². The molecule has 0 saturated carbocycles. The summed E-state index contributed by atoms with van der Waals surface area (Å²) < 4.78 is 4.41. The third kappa shape index (κ3) is 2.45. The Balaban J connectivity index is 2.23. The lowest BCUT2D eigenvalue weighted by Gasteiger charge is -2.10. The van der Waals surface area contributed by atoms with E-state index in [4.69, 9.17) is 9.94 Å². The van der Waals surface area contributed by atoms with E-state index in [0.717, 1.165) is 0 Å². The predicted octanol–water partition coefficient (Wildman–Crippen LogP) is -1.23. The topological polar surface area (TPSA) is 59.0 Å². The zero-order valence-corrected chi connectivity index (χ0v) is 6.32. The number of nitrogens with zero attached hydrogens (tertiary/aromatic N) is 1. The van der Waals surface area contributed by atoms with Crippen molar-refractivity contribution in [1.82, 2.24) is 5.06 Å². The van der Waals surface area contributed by atoms with Crippen LogP contribution in [0.1, 0.15) is 0 Å². The second-order valence-electron chi connectivity index (χ2n) is 2.35. The molecule has 0 amide bonds. The van der Waals surface area contributed by atoms with Gasteiger partial charge in [-0.2, -0.15) is 5.06 Å². The lowest BCUT2D eigenvalue weighted by molar-refractivity contribution is -0.159. The second-order valence-corrected chi connectivity index (χ2v) is 2.35. The number of hydroxylamine groups is 2. The van der Waals surface area contributed by atoms with Crippen molar-refractivity contribution in [2.45, 2.75) is 6.10 Å². The summed E-state index contributed by atoms with van der Waals surface area (Å²) in [5.74, 6) is -0.362. The molecule has 11 heavy (non-hydrogen) atoms. The predicted molar refractivity (Wildman–Crippen MR) is 35.5 cm³/mol. The van der Waals surface area contributed by atoms with Crippen LogP contribution in [0.4, 0.5) is 0 Å². The Hall–Kier alpha value is -0.650. The largest absolute Gasteiger partial charge is 0.468 e. The van der Waals surface area contributed by atoms with Crippen molar-refractivity contribution < 1.29 is 19.5 Å². The summed E-state index contributed by atoms with van der Waals surface area (Å²) in [6.07, 6.45) is -0.486. The lowest BCUT2D eigenvalue weighted by Crippen LogP contribution is -2.28. The number of rotatable bonds is 2. The van der Waals surface area contributed by atoms with E-state index in [1.165, 1.54) is 12.2 Å². The van der Waals surface area contributed by atoms with Gasteiger partial charge in [0.2, 0.25) is 0 Å². The molecule has 1 fully saturated rings. The number of hydrogen-bond acceptors (Lipinski definition) is 5. The van der Waals surface area contributed by atoms with Crippen LogP contribution < -0.4 is 0 Å². The number of β-amino-alcohol motifs (C(OH)–C–C–N with tert-alkyl or cyclic N) is 1. The van der Waals surface area contributed by atoms with E-state index < -0.39 is 6.10 Å². The summed E-state index contributed by atoms with van der Waals surface area (Å²) >= 11 is 0. The van der Waals surface area contributed by atoms with Gasteiger partial charge >= 0.3 is 5.97 Å². The average molecular weight is 161 g/mol. The molecular formula is C6H11NO4. The van der Waals surface area contributed by atoms with Crippen molar-refractivity contribution in [3.8, 4) is 0 Å². The summed E-state index contributed by atoms with van der Waals surface area (Å²) in [5, 5.41) is 10.4. The zero-order chi connectivity index (χ0) is 8.27. The Morgan fingerprint density at radius 3 is 3.09 bits per heavy atom. The van der Waals surface area contributed by atoms with E-state index in [1.807, 2.05) is 0 Å². The summed E-state index contributed by atoms with van der Waals surface area (Å²) in [6.45, 7) is 0.708. The van der Waals surface area contributed by atoms with Crippen LogP contribution in [0.25, 0.3) is 0 Å². The van der Waals surface area contributed by atoms with Gasteiger partial charge in [0.15, 0.2) is 0 Å². The summed E-state index contributed by atoms with van der Waals surface area (Å²) in [4.78, 5) is 15.6. The first-order valence-corrected chi connectivity index (χ1v) is 3.35. The van der Waals surface area contributed by atoms with Crippen LogP contribution in [0.2, 0.25) is 0 Å².